The van der Waals surface area contributed by atoms with E-state index in [1.54, 1.807) is 11.3 Å². The van der Waals surface area contributed by atoms with Gasteiger partial charge in [0.05, 0.1) is 24.0 Å². The summed E-state index contributed by atoms with van der Waals surface area (Å²) in [7, 11) is 0. The Morgan fingerprint density at radius 3 is 2.64 bits per heavy atom. The molecular weight excluding hydrogens is 335 g/mol. The first-order valence-electron chi connectivity index (χ1n) is 8.45. The quantitative estimate of drug-likeness (QED) is 0.663. The summed E-state index contributed by atoms with van der Waals surface area (Å²) in [5.74, 6) is -0.223. The van der Waals surface area contributed by atoms with E-state index in [0.29, 0.717) is 0 Å². The molecule has 1 aromatic heterocycles. The molecule has 1 aliphatic heterocycles. The van der Waals surface area contributed by atoms with Crippen molar-refractivity contribution in [3.05, 3.63) is 70.6 Å². The van der Waals surface area contributed by atoms with E-state index < -0.39 is 0 Å². The van der Waals surface area contributed by atoms with Crippen LogP contribution in [0.3, 0.4) is 0 Å². The van der Waals surface area contributed by atoms with Gasteiger partial charge < -0.3 is 9.30 Å². The predicted molar refractivity (Wildman–Crippen MR) is 98.3 cm³/mol. The molecule has 25 heavy (non-hydrogen) atoms. The molecule has 1 saturated heterocycles. The average Bonchev–Trinajstić information content (AvgIpc) is 3.28. The van der Waals surface area contributed by atoms with Crippen LogP contribution in [0.2, 0.25) is 0 Å². The van der Waals surface area contributed by atoms with Crippen molar-refractivity contribution in [1.29, 1.82) is 0 Å². The minimum absolute atomic E-state index is 0.212. The zero-order valence-electron chi connectivity index (χ0n) is 13.8. The summed E-state index contributed by atoms with van der Waals surface area (Å²) < 4.78 is 21.3. The predicted octanol–water partition coefficient (Wildman–Crippen LogP) is 4.77. The lowest BCUT2D eigenvalue weighted by atomic mass is 10.1. The Morgan fingerprint density at radius 2 is 1.92 bits per heavy atom. The zero-order valence-corrected chi connectivity index (χ0v) is 14.6. The van der Waals surface area contributed by atoms with Gasteiger partial charge >= 0.3 is 0 Å². The normalized spacial score (nSPS) is 18.0. The second-order valence-corrected chi connectivity index (χ2v) is 6.94. The van der Waals surface area contributed by atoms with E-state index >= 15 is 0 Å². The summed E-state index contributed by atoms with van der Waals surface area (Å²) in [4.78, 5) is 5.73. The SMILES string of the molecule is Fc1ccc(-c2csc(=Nc3ccccc3)n2C[C@@H]2CCCO2)cc1. The van der Waals surface area contributed by atoms with Gasteiger partial charge in [0.2, 0.25) is 0 Å². The van der Waals surface area contributed by atoms with E-state index in [2.05, 4.69) is 9.95 Å². The smallest absolute Gasteiger partial charge is 0.190 e. The number of hydrogen-bond acceptors (Lipinski definition) is 3. The molecule has 2 heterocycles. The fourth-order valence-corrected chi connectivity index (χ4v) is 3.99. The van der Waals surface area contributed by atoms with Crippen LogP contribution < -0.4 is 4.80 Å². The number of halogens is 1. The maximum atomic E-state index is 13.3. The standard InChI is InChI=1S/C20H19FN2OS/c21-16-10-8-15(9-11-16)19-14-25-20(22-17-5-2-1-3-6-17)23(19)13-18-7-4-12-24-18/h1-3,5-6,8-11,14,18H,4,7,12-13H2/t18-/m0/s1. The molecule has 2 aromatic carbocycles. The first kappa shape index (κ1) is 16.2. The topological polar surface area (TPSA) is 26.5 Å². The number of hydrogen-bond donors (Lipinski definition) is 0. The number of thiazole rings is 1. The number of para-hydroxylation sites is 1. The van der Waals surface area contributed by atoms with Crippen LogP contribution >= 0.6 is 11.3 Å². The van der Waals surface area contributed by atoms with Crippen molar-refractivity contribution < 1.29 is 9.13 Å². The van der Waals surface area contributed by atoms with Crippen LogP contribution in [0.5, 0.6) is 0 Å². The molecular formula is C20H19FN2OS. The van der Waals surface area contributed by atoms with Gasteiger partial charge in [-0.1, -0.05) is 18.2 Å². The number of ether oxygens (including phenoxy) is 1. The second kappa shape index (κ2) is 7.33. The van der Waals surface area contributed by atoms with Crippen LogP contribution in [0.25, 0.3) is 11.3 Å². The molecule has 4 rings (SSSR count). The highest BCUT2D eigenvalue weighted by Crippen LogP contribution is 2.23. The van der Waals surface area contributed by atoms with Crippen molar-refractivity contribution in [3.63, 3.8) is 0 Å². The van der Waals surface area contributed by atoms with Gasteiger partial charge in [0.1, 0.15) is 5.82 Å². The Morgan fingerprint density at radius 1 is 1.12 bits per heavy atom. The fourth-order valence-electron chi connectivity index (χ4n) is 3.05. The van der Waals surface area contributed by atoms with Crippen LogP contribution in [0, 0.1) is 5.82 Å². The lowest BCUT2D eigenvalue weighted by Gasteiger charge is -2.14. The lowest BCUT2D eigenvalue weighted by Crippen LogP contribution is -2.24. The monoisotopic (exact) mass is 354 g/mol. The molecule has 0 bridgehead atoms. The van der Waals surface area contributed by atoms with Crippen LogP contribution in [0.15, 0.2) is 65.0 Å². The molecule has 1 aliphatic rings. The molecule has 0 radical (unpaired) electrons. The molecule has 0 N–H and O–H groups in total. The van der Waals surface area contributed by atoms with Gasteiger partial charge in [-0.05, 0) is 54.8 Å². The lowest BCUT2D eigenvalue weighted by molar-refractivity contribution is 0.0968. The maximum Gasteiger partial charge on any atom is 0.190 e. The first-order valence-corrected chi connectivity index (χ1v) is 9.33. The van der Waals surface area contributed by atoms with Crippen molar-refractivity contribution in [1.82, 2.24) is 4.57 Å². The van der Waals surface area contributed by atoms with Gasteiger partial charge in [-0.3, -0.25) is 0 Å². The van der Waals surface area contributed by atoms with E-state index in [9.17, 15) is 4.39 Å². The van der Waals surface area contributed by atoms with Gasteiger partial charge in [0.15, 0.2) is 4.80 Å². The second-order valence-electron chi connectivity index (χ2n) is 6.10. The van der Waals surface area contributed by atoms with E-state index in [4.69, 9.17) is 9.73 Å². The Kier molecular flexibility index (Phi) is 4.76. The van der Waals surface area contributed by atoms with E-state index in [-0.39, 0.29) is 11.9 Å². The molecule has 0 unspecified atom stereocenters. The van der Waals surface area contributed by atoms with Gasteiger partial charge in [-0.25, -0.2) is 9.38 Å². The van der Waals surface area contributed by atoms with Crippen molar-refractivity contribution in [2.24, 2.45) is 4.99 Å². The van der Waals surface area contributed by atoms with Crippen molar-refractivity contribution in [3.8, 4) is 11.3 Å². The summed E-state index contributed by atoms with van der Waals surface area (Å²) in [5, 5.41) is 2.09. The molecule has 0 aliphatic carbocycles. The Bertz CT molecular complexity index is 893. The fraction of sp³-hybridized carbons (Fsp3) is 0.250. The third kappa shape index (κ3) is 3.72. The van der Waals surface area contributed by atoms with Crippen LogP contribution in [0.4, 0.5) is 10.1 Å². The van der Waals surface area contributed by atoms with Gasteiger partial charge in [0.25, 0.3) is 0 Å². The number of rotatable bonds is 4. The highest BCUT2D eigenvalue weighted by Gasteiger charge is 2.19. The minimum Gasteiger partial charge on any atom is -0.376 e. The minimum atomic E-state index is -0.223. The Balaban J connectivity index is 1.78. The molecule has 5 heteroatoms. The van der Waals surface area contributed by atoms with Crippen molar-refractivity contribution in [2.45, 2.75) is 25.5 Å². The average molecular weight is 354 g/mol. The zero-order chi connectivity index (χ0) is 17.1. The molecule has 1 atom stereocenters. The first-order chi connectivity index (χ1) is 12.3. The van der Waals surface area contributed by atoms with E-state index in [1.807, 2.05) is 42.5 Å². The number of aromatic nitrogens is 1. The van der Waals surface area contributed by atoms with Crippen LogP contribution in [0.1, 0.15) is 12.8 Å². The molecule has 1 fully saturated rings. The summed E-state index contributed by atoms with van der Waals surface area (Å²) in [5.41, 5.74) is 2.97. The molecule has 0 spiro atoms. The van der Waals surface area contributed by atoms with Gasteiger partial charge in [-0.15, -0.1) is 11.3 Å². The Labute approximate surface area is 150 Å². The molecule has 3 aromatic rings. The molecule has 3 nitrogen and oxygen atoms in total. The molecule has 0 saturated carbocycles. The Hall–Kier alpha value is -2.24. The van der Waals surface area contributed by atoms with Crippen LogP contribution in [-0.2, 0) is 11.3 Å². The van der Waals surface area contributed by atoms with E-state index in [0.717, 1.165) is 47.7 Å². The largest absolute Gasteiger partial charge is 0.376 e. The third-order valence-corrected chi connectivity index (χ3v) is 5.19. The van der Waals surface area contributed by atoms with Gasteiger partial charge in [-0.2, -0.15) is 0 Å². The third-order valence-electron chi connectivity index (χ3n) is 4.33. The maximum absolute atomic E-state index is 13.3. The summed E-state index contributed by atoms with van der Waals surface area (Å²) in [6.45, 7) is 1.59. The van der Waals surface area contributed by atoms with Crippen molar-refractivity contribution in [2.75, 3.05) is 6.61 Å². The summed E-state index contributed by atoms with van der Waals surface area (Å²) >= 11 is 1.60. The summed E-state index contributed by atoms with van der Waals surface area (Å²) in [6, 6.07) is 16.6. The highest BCUT2D eigenvalue weighted by atomic mass is 32.1. The van der Waals surface area contributed by atoms with Gasteiger partial charge in [0, 0.05) is 12.0 Å². The van der Waals surface area contributed by atoms with E-state index in [1.165, 1.54) is 12.1 Å². The molecule has 128 valence electrons. The number of benzene rings is 2. The molecule has 0 amide bonds. The van der Waals surface area contributed by atoms with Crippen LogP contribution in [-0.4, -0.2) is 17.3 Å². The summed E-state index contributed by atoms with van der Waals surface area (Å²) in [6.07, 6.45) is 2.38. The van der Waals surface area contributed by atoms with Crippen molar-refractivity contribution >= 4 is 17.0 Å². The highest BCUT2D eigenvalue weighted by molar-refractivity contribution is 7.07. The number of nitrogens with zero attached hydrogens (tertiary/aromatic N) is 2.